The van der Waals surface area contributed by atoms with Gasteiger partial charge in [-0.3, -0.25) is 4.79 Å². The summed E-state index contributed by atoms with van der Waals surface area (Å²) in [6, 6.07) is 11.7. The number of nitrogens with zero attached hydrogens (tertiary/aromatic N) is 3. The predicted octanol–water partition coefficient (Wildman–Crippen LogP) is 1.91. The predicted molar refractivity (Wildman–Crippen MR) is 86.9 cm³/mol. The van der Waals surface area contributed by atoms with Crippen molar-refractivity contribution in [2.24, 2.45) is 7.05 Å². The second-order valence-corrected chi connectivity index (χ2v) is 5.22. The first-order valence-corrected chi connectivity index (χ1v) is 7.41. The van der Waals surface area contributed by atoms with Gasteiger partial charge in [0, 0.05) is 19.8 Å². The van der Waals surface area contributed by atoms with Crippen LogP contribution >= 0.6 is 0 Å². The number of aryl methyl sites for hydroxylation is 1. The molecule has 0 fully saturated rings. The quantitative estimate of drug-likeness (QED) is 0.706. The van der Waals surface area contributed by atoms with Gasteiger partial charge in [-0.1, -0.05) is 30.3 Å². The molecular weight excluding hydrogens is 292 g/mol. The largest absolute Gasteiger partial charge is 0.375 e. The van der Waals surface area contributed by atoms with Crippen LogP contribution in [0.4, 0.5) is 0 Å². The molecule has 0 atom stereocenters. The highest BCUT2D eigenvalue weighted by molar-refractivity contribution is 5.96. The molecule has 0 aliphatic rings. The molecule has 0 bridgehead atoms. The molecular formula is C17H18N4O2. The van der Waals surface area contributed by atoms with Gasteiger partial charge >= 0.3 is 0 Å². The fourth-order valence-corrected chi connectivity index (χ4v) is 2.24. The smallest absolute Gasteiger partial charge is 0.253 e. The van der Waals surface area contributed by atoms with E-state index in [2.05, 4.69) is 15.3 Å². The second-order valence-electron chi connectivity index (χ2n) is 5.22. The van der Waals surface area contributed by atoms with Crippen molar-refractivity contribution in [1.82, 2.24) is 19.9 Å². The average molecular weight is 310 g/mol. The van der Waals surface area contributed by atoms with Crippen molar-refractivity contribution in [2.75, 3.05) is 13.2 Å². The lowest BCUT2D eigenvalue weighted by Crippen LogP contribution is -2.27. The topological polar surface area (TPSA) is 69.0 Å². The standard InChI is InChI=1S/C17H18N4O2/c1-21-12-20-15-9-14(10-19-16(15)21)17(22)18-7-8-23-11-13-5-3-2-4-6-13/h2-6,9-10,12H,7-8,11H2,1H3,(H,18,22). The number of pyridine rings is 1. The summed E-state index contributed by atoms with van der Waals surface area (Å²) in [4.78, 5) is 20.5. The molecule has 2 aromatic heterocycles. The lowest BCUT2D eigenvalue weighted by molar-refractivity contribution is 0.0900. The molecule has 0 saturated heterocycles. The van der Waals surface area contributed by atoms with Gasteiger partial charge in [-0.25, -0.2) is 9.97 Å². The number of ether oxygens (including phenoxy) is 1. The highest BCUT2D eigenvalue weighted by atomic mass is 16.5. The summed E-state index contributed by atoms with van der Waals surface area (Å²) in [6.07, 6.45) is 3.24. The zero-order valence-electron chi connectivity index (χ0n) is 12.9. The second kappa shape index (κ2) is 7.02. The Morgan fingerprint density at radius 1 is 1.26 bits per heavy atom. The van der Waals surface area contributed by atoms with E-state index in [4.69, 9.17) is 4.74 Å². The molecule has 0 aliphatic carbocycles. The van der Waals surface area contributed by atoms with Crippen LogP contribution in [0.5, 0.6) is 0 Å². The number of rotatable bonds is 6. The Kier molecular flexibility index (Phi) is 4.63. The summed E-state index contributed by atoms with van der Waals surface area (Å²) in [7, 11) is 1.87. The monoisotopic (exact) mass is 310 g/mol. The van der Waals surface area contributed by atoms with Gasteiger partial charge in [0.25, 0.3) is 5.91 Å². The highest BCUT2D eigenvalue weighted by Gasteiger charge is 2.09. The minimum Gasteiger partial charge on any atom is -0.375 e. The van der Waals surface area contributed by atoms with Crippen LogP contribution in [0.3, 0.4) is 0 Å². The van der Waals surface area contributed by atoms with Crippen molar-refractivity contribution in [1.29, 1.82) is 0 Å². The van der Waals surface area contributed by atoms with Crippen LogP contribution < -0.4 is 5.32 Å². The molecule has 0 aliphatic heterocycles. The van der Waals surface area contributed by atoms with Crippen molar-refractivity contribution in [3.8, 4) is 0 Å². The Hall–Kier alpha value is -2.73. The number of hydrogen-bond acceptors (Lipinski definition) is 4. The minimum absolute atomic E-state index is 0.173. The van der Waals surface area contributed by atoms with E-state index in [-0.39, 0.29) is 5.91 Å². The molecule has 3 rings (SSSR count). The molecule has 0 saturated carbocycles. The van der Waals surface area contributed by atoms with Crippen LogP contribution in [0.25, 0.3) is 11.2 Å². The maximum Gasteiger partial charge on any atom is 0.253 e. The molecule has 6 heteroatoms. The van der Waals surface area contributed by atoms with Crippen LogP contribution in [-0.4, -0.2) is 33.6 Å². The third-order valence-electron chi connectivity index (χ3n) is 3.46. The summed E-state index contributed by atoms with van der Waals surface area (Å²) in [6.45, 7) is 1.45. The van der Waals surface area contributed by atoms with E-state index in [0.29, 0.717) is 30.8 Å². The first-order chi connectivity index (χ1) is 11.2. The van der Waals surface area contributed by atoms with Gasteiger partial charge in [0.15, 0.2) is 5.65 Å². The summed E-state index contributed by atoms with van der Waals surface area (Å²) < 4.78 is 7.35. The van der Waals surface area contributed by atoms with E-state index < -0.39 is 0 Å². The molecule has 1 amide bonds. The molecule has 2 heterocycles. The molecule has 3 aromatic rings. The Balaban J connectivity index is 1.47. The number of fused-ring (bicyclic) bond motifs is 1. The van der Waals surface area contributed by atoms with E-state index in [9.17, 15) is 4.79 Å². The first-order valence-electron chi connectivity index (χ1n) is 7.41. The van der Waals surface area contributed by atoms with Gasteiger partial charge in [0.05, 0.1) is 25.1 Å². The SMILES string of the molecule is Cn1cnc2cc(C(=O)NCCOCc3ccccc3)cnc21. The van der Waals surface area contributed by atoms with Gasteiger partial charge in [0.2, 0.25) is 0 Å². The van der Waals surface area contributed by atoms with Crippen molar-refractivity contribution in [2.45, 2.75) is 6.61 Å². The van der Waals surface area contributed by atoms with Crippen molar-refractivity contribution < 1.29 is 9.53 Å². The molecule has 0 spiro atoms. The molecule has 23 heavy (non-hydrogen) atoms. The maximum atomic E-state index is 12.1. The number of carbonyl (C=O) groups is 1. The Bertz CT molecular complexity index is 799. The summed E-state index contributed by atoms with van der Waals surface area (Å²) in [5, 5.41) is 2.82. The van der Waals surface area contributed by atoms with Gasteiger partial charge < -0.3 is 14.6 Å². The van der Waals surface area contributed by atoms with Crippen LogP contribution in [0.1, 0.15) is 15.9 Å². The zero-order valence-corrected chi connectivity index (χ0v) is 12.9. The Labute approximate surface area is 134 Å². The lowest BCUT2D eigenvalue weighted by atomic mass is 10.2. The third kappa shape index (κ3) is 3.73. The number of nitrogens with one attached hydrogen (secondary N) is 1. The third-order valence-corrected chi connectivity index (χ3v) is 3.46. The summed E-state index contributed by atoms with van der Waals surface area (Å²) >= 11 is 0. The fourth-order valence-electron chi connectivity index (χ4n) is 2.24. The molecule has 0 unspecified atom stereocenters. The lowest BCUT2D eigenvalue weighted by Gasteiger charge is -2.06. The first kappa shape index (κ1) is 15.2. The van der Waals surface area contributed by atoms with Crippen molar-refractivity contribution >= 4 is 17.1 Å². The van der Waals surface area contributed by atoms with Gasteiger partial charge in [0.1, 0.15) is 5.52 Å². The number of aromatic nitrogens is 3. The molecule has 6 nitrogen and oxygen atoms in total. The van der Waals surface area contributed by atoms with Crippen molar-refractivity contribution in [3.63, 3.8) is 0 Å². The molecule has 1 N–H and O–H groups in total. The average Bonchev–Trinajstić information content (AvgIpc) is 2.96. The minimum atomic E-state index is -0.173. The van der Waals surface area contributed by atoms with Crippen LogP contribution in [0, 0.1) is 0 Å². The summed E-state index contributed by atoms with van der Waals surface area (Å²) in [5.74, 6) is -0.173. The molecule has 118 valence electrons. The van der Waals surface area contributed by atoms with E-state index in [1.807, 2.05) is 41.9 Å². The van der Waals surface area contributed by atoms with E-state index in [1.54, 1.807) is 18.6 Å². The molecule has 1 aromatic carbocycles. The normalized spacial score (nSPS) is 10.8. The highest BCUT2D eigenvalue weighted by Crippen LogP contribution is 2.10. The van der Waals surface area contributed by atoms with E-state index >= 15 is 0 Å². The fraction of sp³-hybridized carbons (Fsp3) is 0.235. The van der Waals surface area contributed by atoms with Crippen LogP contribution in [0.2, 0.25) is 0 Å². The van der Waals surface area contributed by atoms with E-state index in [0.717, 1.165) is 11.2 Å². The van der Waals surface area contributed by atoms with Gasteiger partial charge in [-0.15, -0.1) is 0 Å². The van der Waals surface area contributed by atoms with Crippen molar-refractivity contribution in [3.05, 3.63) is 60.0 Å². The number of carbonyl (C=O) groups excluding carboxylic acids is 1. The number of amides is 1. The number of imidazole rings is 1. The summed E-state index contributed by atoms with van der Waals surface area (Å²) in [5.41, 5.74) is 3.08. The van der Waals surface area contributed by atoms with Crippen LogP contribution in [-0.2, 0) is 18.4 Å². The number of hydrogen-bond donors (Lipinski definition) is 1. The zero-order chi connectivity index (χ0) is 16.1. The van der Waals surface area contributed by atoms with Gasteiger partial charge in [-0.05, 0) is 11.6 Å². The Morgan fingerprint density at radius 3 is 2.91 bits per heavy atom. The maximum absolute atomic E-state index is 12.1. The Morgan fingerprint density at radius 2 is 2.09 bits per heavy atom. The van der Waals surface area contributed by atoms with Gasteiger partial charge in [-0.2, -0.15) is 0 Å². The molecule has 0 radical (unpaired) electrons. The van der Waals surface area contributed by atoms with E-state index in [1.165, 1.54) is 0 Å². The van der Waals surface area contributed by atoms with Crippen LogP contribution in [0.15, 0.2) is 48.9 Å². The number of benzene rings is 1.